The van der Waals surface area contributed by atoms with E-state index < -0.39 is 0 Å². The highest BCUT2D eigenvalue weighted by Gasteiger charge is 2.24. The Hall–Kier alpha value is -3.26. The van der Waals surface area contributed by atoms with Crippen molar-refractivity contribution in [3.05, 3.63) is 58.7 Å². The molecule has 4 heterocycles. The lowest BCUT2D eigenvalue weighted by Crippen LogP contribution is -3.13. The molecule has 0 spiro atoms. The summed E-state index contributed by atoms with van der Waals surface area (Å²) in [4.78, 5) is 13.2. The van der Waals surface area contributed by atoms with Crippen LogP contribution in [0.25, 0.3) is 16.7 Å². The molecule has 0 bridgehead atoms. The molecule has 3 aromatic heterocycles. The molecule has 1 saturated heterocycles. The number of aryl methyl sites for hydroxylation is 3. The Morgan fingerprint density at radius 1 is 1.03 bits per heavy atom. The standard InChI is InChI=1S/C24H27FN6O/c1-15-11-16(2)26-23-22(15)24-27-17(3)12-21(31(24)28-23)30-9-7-29(8-10-30)14-18-5-6-20(32-4)19(25)13-18/h5-6,11-13H,7-10,14H2,1-4H3/p+1. The van der Waals surface area contributed by atoms with Gasteiger partial charge in [0.15, 0.2) is 22.9 Å². The number of rotatable bonds is 4. The van der Waals surface area contributed by atoms with Gasteiger partial charge in [0.25, 0.3) is 0 Å². The van der Waals surface area contributed by atoms with Gasteiger partial charge in [0.2, 0.25) is 0 Å². The number of halogens is 1. The molecule has 1 fully saturated rings. The molecule has 1 aliphatic heterocycles. The van der Waals surface area contributed by atoms with E-state index in [2.05, 4.69) is 28.9 Å². The van der Waals surface area contributed by atoms with Gasteiger partial charge in [0.1, 0.15) is 12.4 Å². The number of nitrogens with zero attached hydrogens (tertiary/aromatic N) is 5. The number of hydrogen-bond acceptors (Lipinski definition) is 5. The summed E-state index contributed by atoms with van der Waals surface area (Å²) in [6.07, 6.45) is 0. The Balaban J connectivity index is 1.39. The van der Waals surface area contributed by atoms with Gasteiger partial charge in [-0.2, -0.15) is 4.52 Å². The van der Waals surface area contributed by atoms with Gasteiger partial charge in [-0.3, -0.25) is 0 Å². The van der Waals surface area contributed by atoms with Crippen molar-refractivity contribution in [3.63, 3.8) is 0 Å². The van der Waals surface area contributed by atoms with Crippen LogP contribution in [0.4, 0.5) is 10.2 Å². The molecule has 1 N–H and O–H groups in total. The normalized spacial score (nSPS) is 15.1. The van der Waals surface area contributed by atoms with Crippen LogP contribution in [0, 0.1) is 26.6 Å². The quantitative estimate of drug-likeness (QED) is 0.533. The maximum absolute atomic E-state index is 14.1. The smallest absolute Gasteiger partial charge is 0.184 e. The zero-order chi connectivity index (χ0) is 22.4. The molecule has 1 aliphatic rings. The maximum Gasteiger partial charge on any atom is 0.184 e. The number of nitrogens with one attached hydrogen (secondary N) is 1. The summed E-state index contributed by atoms with van der Waals surface area (Å²) >= 11 is 0. The summed E-state index contributed by atoms with van der Waals surface area (Å²) in [5.41, 5.74) is 5.68. The molecule has 8 heteroatoms. The average Bonchev–Trinajstić information content (AvgIpc) is 3.12. The number of aromatic nitrogens is 4. The molecule has 0 amide bonds. The first-order chi connectivity index (χ1) is 15.4. The second-order valence-electron chi connectivity index (χ2n) is 8.65. The van der Waals surface area contributed by atoms with E-state index in [-0.39, 0.29) is 11.6 Å². The van der Waals surface area contributed by atoms with E-state index in [0.717, 1.165) is 77.7 Å². The number of ether oxygens (including phenoxy) is 1. The minimum Gasteiger partial charge on any atom is -0.494 e. The molecule has 5 rings (SSSR count). The molecule has 0 aliphatic carbocycles. The minimum atomic E-state index is -0.303. The minimum absolute atomic E-state index is 0.289. The molecule has 32 heavy (non-hydrogen) atoms. The van der Waals surface area contributed by atoms with Gasteiger partial charge in [0.05, 0.1) is 38.7 Å². The maximum atomic E-state index is 14.1. The van der Waals surface area contributed by atoms with Gasteiger partial charge in [-0.15, -0.1) is 5.10 Å². The van der Waals surface area contributed by atoms with Gasteiger partial charge in [0, 0.05) is 23.0 Å². The molecule has 0 radical (unpaired) electrons. The number of anilines is 1. The second kappa shape index (κ2) is 8.02. The van der Waals surface area contributed by atoms with Crippen molar-refractivity contribution in [2.45, 2.75) is 27.3 Å². The van der Waals surface area contributed by atoms with E-state index >= 15 is 0 Å². The number of methoxy groups -OCH3 is 1. The van der Waals surface area contributed by atoms with E-state index in [1.54, 1.807) is 12.1 Å². The predicted molar refractivity (Wildman–Crippen MR) is 122 cm³/mol. The van der Waals surface area contributed by atoms with Crippen LogP contribution in [-0.2, 0) is 6.54 Å². The summed E-state index contributed by atoms with van der Waals surface area (Å²) in [5.74, 6) is 1.04. The van der Waals surface area contributed by atoms with Crippen LogP contribution >= 0.6 is 0 Å². The largest absolute Gasteiger partial charge is 0.494 e. The molecule has 0 saturated carbocycles. The Bertz CT molecular complexity index is 1310. The van der Waals surface area contributed by atoms with E-state index in [0.29, 0.717) is 0 Å². The zero-order valence-electron chi connectivity index (χ0n) is 18.9. The average molecular weight is 436 g/mol. The van der Waals surface area contributed by atoms with Gasteiger partial charge in [-0.05, 0) is 50.6 Å². The lowest BCUT2D eigenvalue weighted by atomic mass is 10.1. The van der Waals surface area contributed by atoms with Crippen LogP contribution in [0.3, 0.4) is 0 Å². The molecule has 166 valence electrons. The third-order valence-electron chi connectivity index (χ3n) is 6.25. The third-order valence-corrected chi connectivity index (χ3v) is 6.25. The van der Waals surface area contributed by atoms with E-state index in [4.69, 9.17) is 14.8 Å². The molecule has 0 atom stereocenters. The topological polar surface area (TPSA) is 60.0 Å². The monoisotopic (exact) mass is 435 g/mol. The number of benzene rings is 1. The molecule has 0 unspecified atom stereocenters. The van der Waals surface area contributed by atoms with Crippen molar-refractivity contribution in [2.75, 3.05) is 38.2 Å². The van der Waals surface area contributed by atoms with Gasteiger partial charge < -0.3 is 14.5 Å². The van der Waals surface area contributed by atoms with E-state index in [1.165, 1.54) is 12.0 Å². The highest BCUT2D eigenvalue weighted by molar-refractivity contribution is 5.93. The van der Waals surface area contributed by atoms with E-state index in [9.17, 15) is 4.39 Å². The first-order valence-corrected chi connectivity index (χ1v) is 11.0. The fraction of sp³-hybridized carbons (Fsp3) is 0.375. The van der Waals surface area contributed by atoms with E-state index in [1.807, 2.05) is 24.4 Å². The van der Waals surface area contributed by atoms with Crippen molar-refractivity contribution >= 4 is 22.5 Å². The molecule has 1 aromatic carbocycles. The summed E-state index contributed by atoms with van der Waals surface area (Å²) in [6.45, 7) is 10.6. The lowest BCUT2D eigenvalue weighted by molar-refractivity contribution is -0.914. The van der Waals surface area contributed by atoms with Crippen LogP contribution in [-0.4, -0.2) is 52.9 Å². The Labute approximate surface area is 186 Å². The third kappa shape index (κ3) is 3.64. The number of hydrogen-bond donors (Lipinski definition) is 1. The Kier molecular flexibility index (Phi) is 5.17. The first-order valence-electron chi connectivity index (χ1n) is 11.0. The fourth-order valence-corrected chi connectivity index (χ4v) is 4.69. The molecular weight excluding hydrogens is 407 g/mol. The Morgan fingerprint density at radius 3 is 2.50 bits per heavy atom. The number of quaternary nitrogens is 1. The van der Waals surface area contributed by atoms with Crippen LogP contribution in [0.5, 0.6) is 5.75 Å². The summed E-state index contributed by atoms with van der Waals surface area (Å²) in [5, 5.41) is 5.83. The van der Waals surface area contributed by atoms with Gasteiger partial charge in [-0.1, -0.05) is 0 Å². The van der Waals surface area contributed by atoms with Gasteiger partial charge in [-0.25, -0.2) is 14.4 Å². The summed E-state index contributed by atoms with van der Waals surface area (Å²) < 4.78 is 21.0. The van der Waals surface area contributed by atoms with Crippen molar-refractivity contribution in [1.29, 1.82) is 0 Å². The zero-order valence-corrected chi connectivity index (χ0v) is 18.9. The SMILES string of the molecule is COc1ccc(C[NH+]2CCN(c3cc(C)nc4c5c(C)cc(C)nc5nn34)CC2)cc1F. The summed E-state index contributed by atoms with van der Waals surface area (Å²) in [6, 6.07) is 9.42. The molecule has 7 nitrogen and oxygen atoms in total. The fourth-order valence-electron chi connectivity index (χ4n) is 4.69. The molecule has 4 aromatic rings. The highest BCUT2D eigenvalue weighted by Crippen LogP contribution is 2.26. The second-order valence-corrected chi connectivity index (χ2v) is 8.65. The van der Waals surface area contributed by atoms with Crippen molar-refractivity contribution < 1.29 is 14.0 Å². The van der Waals surface area contributed by atoms with Crippen LogP contribution < -0.4 is 14.5 Å². The number of fused-ring (bicyclic) bond motifs is 3. The Morgan fingerprint density at radius 2 is 1.78 bits per heavy atom. The predicted octanol–water partition coefficient (Wildman–Crippen LogP) is 2.26. The van der Waals surface area contributed by atoms with Crippen molar-refractivity contribution in [1.82, 2.24) is 19.6 Å². The van der Waals surface area contributed by atoms with Crippen LogP contribution in [0.2, 0.25) is 0 Å². The summed E-state index contributed by atoms with van der Waals surface area (Å²) in [7, 11) is 1.49. The van der Waals surface area contributed by atoms with Crippen LogP contribution in [0.15, 0.2) is 30.3 Å². The first kappa shape index (κ1) is 20.6. The molecular formula is C24H28FN6O+. The van der Waals surface area contributed by atoms with Crippen molar-refractivity contribution in [2.24, 2.45) is 0 Å². The number of pyridine rings is 1. The number of piperazine rings is 1. The van der Waals surface area contributed by atoms with Crippen molar-refractivity contribution in [3.8, 4) is 5.75 Å². The van der Waals surface area contributed by atoms with Crippen LogP contribution in [0.1, 0.15) is 22.5 Å². The van der Waals surface area contributed by atoms with Gasteiger partial charge >= 0.3 is 0 Å². The lowest BCUT2D eigenvalue weighted by Gasteiger charge is -2.33. The highest BCUT2D eigenvalue weighted by atomic mass is 19.1.